The molecule has 0 atom stereocenters. The molecule has 0 radical (unpaired) electrons. The number of nitrogens with one attached hydrogen (secondary N) is 1. The van der Waals surface area contributed by atoms with Gasteiger partial charge in [0.15, 0.2) is 0 Å². The molecule has 3 N–H and O–H groups in total. The SMILES string of the molecule is CCOCC(=O)NCC(C)(C)CCN. The summed E-state index contributed by atoms with van der Waals surface area (Å²) in [4.78, 5) is 11.2. The van der Waals surface area contributed by atoms with E-state index in [1.807, 2.05) is 6.92 Å². The van der Waals surface area contributed by atoms with Crippen LogP contribution < -0.4 is 11.1 Å². The first-order valence-electron chi connectivity index (χ1n) is 5.06. The van der Waals surface area contributed by atoms with Gasteiger partial charge in [0.1, 0.15) is 6.61 Å². The van der Waals surface area contributed by atoms with Crippen LogP contribution in [0.1, 0.15) is 27.2 Å². The van der Waals surface area contributed by atoms with Gasteiger partial charge in [0.25, 0.3) is 0 Å². The maximum Gasteiger partial charge on any atom is 0.246 e. The van der Waals surface area contributed by atoms with Crippen molar-refractivity contribution in [3.8, 4) is 0 Å². The zero-order valence-electron chi connectivity index (χ0n) is 9.43. The highest BCUT2D eigenvalue weighted by atomic mass is 16.5. The summed E-state index contributed by atoms with van der Waals surface area (Å²) in [6.07, 6.45) is 0.905. The Balaban J connectivity index is 3.64. The zero-order valence-corrected chi connectivity index (χ0v) is 9.43. The fourth-order valence-electron chi connectivity index (χ4n) is 1.06. The van der Waals surface area contributed by atoms with Crippen molar-refractivity contribution >= 4 is 5.91 Å². The van der Waals surface area contributed by atoms with E-state index in [1.165, 1.54) is 0 Å². The van der Waals surface area contributed by atoms with Gasteiger partial charge in [-0.25, -0.2) is 0 Å². The van der Waals surface area contributed by atoms with E-state index in [1.54, 1.807) is 0 Å². The largest absolute Gasteiger partial charge is 0.372 e. The molecule has 0 aliphatic carbocycles. The smallest absolute Gasteiger partial charge is 0.246 e. The maximum absolute atomic E-state index is 11.2. The summed E-state index contributed by atoms with van der Waals surface area (Å²) in [6, 6.07) is 0. The Kier molecular flexibility index (Phi) is 6.49. The molecular formula is C10H22N2O2. The van der Waals surface area contributed by atoms with E-state index in [-0.39, 0.29) is 17.9 Å². The van der Waals surface area contributed by atoms with Gasteiger partial charge >= 0.3 is 0 Å². The van der Waals surface area contributed by atoms with Crippen LogP contribution in [0.15, 0.2) is 0 Å². The Hall–Kier alpha value is -0.610. The highest BCUT2D eigenvalue weighted by molar-refractivity contribution is 5.77. The molecule has 14 heavy (non-hydrogen) atoms. The second-order valence-electron chi connectivity index (χ2n) is 4.12. The Morgan fingerprint density at radius 2 is 2.14 bits per heavy atom. The topological polar surface area (TPSA) is 64.3 Å². The molecule has 0 saturated heterocycles. The molecule has 0 aliphatic heterocycles. The highest BCUT2D eigenvalue weighted by Crippen LogP contribution is 2.17. The summed E-state index contributed by atoms with van der Waals surface area (Å²) in [5.74, 6) is -0.0584. The summed E-state index contributed by atoms with van der Waals surface area (Å²) in [5.41, 5.74) is 5.53. The van der Waals surface area contributed by atoms with Crippen molar-refractivity contribution in [1.29, 1.82) is 0 Å². The predicted octanol–water partition coefficient (Wildman–Crippen LogP) is 0.514. The number of rotatable bonds is 7. The molecule has 0 fully saturated rings. The van der Waals surface area contributed by atoms with Crippen molar-refractivity contribution < 1.29 is 9.53 Å². The van der Waals surface area contributed by atoms with Gasteiger partial charge in [-0.15, -0.1) is 0 Å². The molecule has 0 unspecified atom stereocenters. The van der Waals surface area contributed by atoms with Gasteiger partial charge in [0.05, 0.1) is 0 Å². The molecular weight excluding hydrogens is 180 g/mol. The highest BCUT2D eigenvalue weighted by Gasteiger charge is 2.17. The molecule has 1 amide bonds. The molecule has 0 aliphatic rings. The molecule has 4 heteroatoms. The number of hydrogen-bond donors (Lipinski definition) is 2. The van der Waals surface area contributed by atoms with Crippen LogP contribution in [-0.2, 0) is 9.53 Å². The second-order valence-corrected chi connectivity index (χ2v) is 4.12. The normalized spacial score (nSPS) is 11.4. The summed E-state index contributed by atoms with van der Waals surface area (Å²) < 4.78 is 4.98. The van der Waals surface area contributed by atoms with Gasteiger partial charge in [-0.1, -0.05) is 13.8 Å². The lowest BCUT2D eigenvalue weighted by molar-refractivity contribution is -0.126. The molecule has 0 spiro atoms. The minimum absolute atomic E-state index is 0.0584. The van der Waals surface area contributed by atoms with E-state index in [4.69, 9.17) is 10.5 Å². The number of carbonyl (C=O) groups is 1. The number of amides is 1. The van der Waals surface area contributed by atoms with Crippen molar-refractivity contribution in [2.24, 2.45) is 11.1 Å². The first kappa shape index (κ1) is 13.4. The van der Waals surface area contributed by atoms with Crippen LogP contribution in [0.25, 0.3) is 0 Å². The lowest BCUT2D eigenvalue weighted by Gasteiger charge is -2.24. The fraction of sp³-hybridized carbons (Fsp3) is 0.900. The van der Waals surface area contributed by atoms with E-state index >= 15 is 0 Å². The monoisotopic (exact) mass is 202 g/mol. The number of carbonyl (C=O) groups excluding carboxylic acids is 1. The Morgan fingerprint density at radius 1 is 1.50 bits per heavy atom. The molecule has 0 rings (SSSR count). The predicted molar refractivity (Wildman–Crippen MR) is 57.0 cm³/mol. The average molecular weight is 202 g/mol. The summed E-state index contributed by atoms with van der Waals surface area (Å²) >= 11 is 0. The van der Waals surface area contributed by atoms with Gasteiger partial charge in [-0.3, -0.25) is 4.79 Å². The third kappa shape index (κ3) is 6.86. The van der Waals surface area contributed by atoms with Gasteiger partial charge in [-0.05, 0) is 25.3 Å². The van der Waals surface area contributed by atoms with Crippen LogP contribution >= 0.6 is 0 Å². The van der Waals surface area contributed by atoms with Crippen LogP contribution in [0.2, 0.25) is 0 Å². The lowest BCUT2D eigenvalue weighted by atomic mass is 9.89. The van der Waals surface area contributed by atoms with E-state index in [0.717, 1.165) is 6.42 Å². The summed E-state index contributed by atoms with van der Waals surface area (Å²) in [7, 11) is 0. The van der Waals surface area contributed by atoms with Gasteiger partial charge < -0.3 is 15.8 Å². The lowest BCUT2D eigenvalue weighted by Crippen LogP contribution is -2.37. The van der Waals surface area contributed by atoms with Gasteiger partial charge in [0.2, 0.25) is 5.91 Å². The number of ether oxygens (including phenoxy) is 1. The first-order chi connectivity index (χ1) is 6.52. The quantitative estimate of drug-likeness (QED) is 0.632. The fourth-order valence-corrected chi connectivity index (χ4v) is 1.06. The number of nitrogens with two attached hydrogens (primary N) is 1. The standard InChI is InChI=1S/C10H22N2O2/c1-4-14-7-9(13)12-8-10(2,3)5-6-11/h4-8,11H2,1-3H3,(H,12,13). The molecule has 0 aromatic heterocycles. The van der Waals surface area contributed by atoms with E-state index in [9.17, 15) is 4.79 Å². The van der Waals surface area contributed by atoms with Gasteiger partial charge in [0, 0.05) is 13.2 Å². The number of hydrogen-bond acceptors (Lipinski definition) is 3. The summed E-state index contributed by atoms with van der Waals surface area (Å²) in [5, 5.41) is 2.82. The molecule has 0 bridgehead atoms. The molecule has 0 saturated carbocycles. The minimum atomic E-state index is -0.0584. The van der Waals surface area contributed by atoms with Crippen LogP contribution in [0.3, 0.4) is 0 Å². The zero-order chi connectivity index (χ0) is 11.0. The van der Waals surface area contributed by atoms with Crippen LogP contribution in [0, 0.1) is 5.41 Å². The van der Waals surface area contributed by atoms with E-state index in [0.29, 0.717) is 19.7 Å². The van der Waals surface area contributed by atoms with Crippen molar-refractivity contribution in [3.05, 3.63) is 0 Å². The third-order valence-electron chi connectivity index (χ3n) is 2.02. The Bertz CT molecular complexity index is 170. The molecule has 0 aromatic carbocycles. The average Bonchev–Trinajstić information content (AvgIpc) is 2.11. The van der Waals surface area contributed by atoms with E-state index in [2.05, 4.69) is 19.2 Å². The third-order valence-corrected chi connectivity index (χ3v) is 2.02. The minimum Gasteiger partial charge on any atom is -0.372 e. The Morgan fingerprint density at radius 3 is 2.64 bits per heavy atom. The van der Waals surface area contributed by atoms with Crippen molar-refractivity contribution in [1.82, 2.24) is 5.32 Å². The molecule has 0 aromatic rings. The second kappa shape index (κ2) is 6.79. The van der Waals surface area contributed by atoms with Gasteiger partial charge in [-0.2, -0.15) is 0 Å². The van der Waals surface area contributed by atoms with Crippen LogP contribution in [0.4, 0.5) is 0 Å². The van der Waals surface area contributed by atoms with Crippen molar-refractivity contribution in [2.75, 3.05) is 26.3 Å². The molecule has 84 valence electrons. The van der Waals surface area contributed by atoms with Crippen LogP contribution in [-0.4, -0.2) is 32.2 Å². The maximum atomic E-state index is 11.2. The molecule has 4 nitrogen and oxygen atoms in total. The summed E-state index contributed by atoms with van der Waals surface area (Å²) in [6.45, 7) is 8.05. The van der Waals surface area contributed by atoms with Crippen molar-refractivity contribution in [3.63, 3.8) is 0 Å². The van der Waals surface area contributed by atoms with Crippen molar-refractivity contribution in [2.45, 2.75) is 27.2 Å². The molecule has 0 heterocycles. The van der Waals surface area contributed by atoms with E-state index < -0.39 is 0 Å². The Labute approximate surface area is 86.2 Å². The van der Waals surface area contributed by atoms with Crippen LogP contribution in [0.5, 0.6) is 0 Å². The first-order valence-corrected chi connectivity index (χ1v) is 5.06.